The third-order valence-electron chi connectivity index (χ3n) is 4.25. The highest BCUT2D eigenvalue weighted by molar-refractivity contribution is 7.13. The van der Waals surface area contributed by atoms with Gasteiger partial charge in [-0.1, -0.05) is 12.1 Å². The molecule has 2 aromatic carbocycles. The molecule has 1 aromatic heterocycles. The second-order valence-corrected chi connectivity index (χ2v) is 7.16. The number of hydrazine groups is 1. The van der Waals surface area contributed by atoms with Gasteiger partial charge in [0.05, 0.1) is 6.61 Å². The number of benzene rings is 2. The average molecular weight is 425 g/mol. The zero-order valence-electron chi connectivity index (χ0n) is 16.1. The second kappa shape index (κ2) is 8.83. The van der Waals surface area contributed by atoms with Crippen molar-refractivity contribution < 1.29 is 23.8 Å². The summed E-state index contributed by atoms with van der Waals surface area (Å²) in [7, 11) is 0. The number of nitrogens with one attached hydrogen (secondary N) is 2. The summed E-state index contributed by atoms with van der Waals surface area (Å²) in [5.74, 6) is 0.799. The fourth-order valence-corrected chi connectivity index (χ4v) is 3.59. The number of nitrogens with zero attached hydrogens (tertiary/aromatic N) is 1. The maximum Gasteiger partial charge on any atom is 0.289 e. The van der Waals surface area contributed by atoms with Gasteiger partial charge in [0.15, 0.2) is 11.5 Å². The molecular formula is C21H19N3O5S. The van der Waals surface area contributed by atoms with Crippen LogP contribution >= 0.6 is 11.3 Å². The largest absolute Gasteiger partial charge is 0.494 e. The van der Waals surface area contributed by atoms with E-state index in [-0.39, 0.29) is 12.3 Å². The Kier molecular flexibility index (Phi) is 5.80. The molecule has 0 aliphatic carbocycles. The fraction of sp³-hybridized carbons (Fsp3) is 0.190. The molecule has 8 nitrogen and oxygen atoms in total. The van der Waals surface area contributed by atoms with Gasteiger partial charge in [0.2, 0.25) is 6.10 Å². The molecular weight excluding hydrogens is 406 g/mol. The summed E-state index contributed by atoms with van der Waals surface area (Å²) in [6.45, 7) is 2.57. The highest BCUT2D eigenvalue weighted by atomic mass is 32.1. The van der Waals surface area contributed by atoms with Crippen molar-refractivity contribution in [1.29, 1.82) is 0 Å². The quantitative estimate of drug-likeness (QED) is 0.610. The Balaban J connectivity index is 1.33. The molecule has 2 amide bonds. The Morgan fingerprint density at radius 3 is 2.67 bits per heavy atom. The van der Waals surface area contributed by atoms with Crippen LogP contribution in [0.15, 0.2) is 53.9 Å². The van der Waals surface area contributed by atoms with Gasteiger partial charge in [0, 0.05) is 10.9 Å². The molecule has 154 valence electrons. The summed E-state index contributed by atoms with van der Waals surface area (Å²) in [4.78, 5) is 29.0. The van der Waals surface area contributed by atoms with Gasteiger partial charge in [0.1, 0.15) is 23.1 Å². The SMILES string of the molecule is CCOc1ccc(-c2nc(C(=O)NNC(=O)C3COc4ccccc4O3)cs2)cc1. The van der Waals surface area contributed by atoms with Gasteiger partial charge in [-0.25, -0.2) is 4.98 Å². The Bertz CT molecular complexity index is 1050. The lowest BCUT2D eigenvalue weighted by Crippen LogP contribution is -2.50. The van der Waals surface area contributed by atoms with E-state index >= 15 is 0 Å². The van der Waals surface area contributed by atoms with Crippen LogP contribution in [0, 0.1) is 0 Å². The van der Waals surface area contributed by atoms with Crippen molar-refractivity contribution in [3.05, 3.63) is 59.6 Å². The zero-order chi connectivity index (χ0) is 20.9. The summed E-state index contributed by atoms with van der Waals surface area (Å²) in [6, 6.07) is 14.5. The molecule has 1 atom stereocenters. The Labute approximate surface area is 176 Å². The van der Waals surface area contributed by atoms with Crippen LogP contribution in [0.3, 0.4) is 0 Å². The first kappa shape index (κ1) is 19.7. The van der Waals surface area contributed by atoms with E-state index in [1.807, 2.05) is 37.3 Å². The van der Waals surface area contributed by atoms with Gasteiger partial charge in [-0.15, -0.1) is 11.3 Å². The number of thiazole rings is 1. The van der Waals surface area contributed by atoms with E-state index in [4.69, 9.17) is 14.2 Å². The molecule has 3 aromatic rings. The first-order valence-electron chi connectivity index (χ1n) is 9.31. The van der Waals surface area contributed by atoms with Gasteiger partial charge in [0.25, 0.3) is 11.8 Å². The second-order valence-electron chi connectivity index (χ2n) is 6.30. The van der Waals surface area contributed by atoms with Crippen LogP contribution in [-0.2, 0) is 4.79 Å². The number of hydrogen-bond acceptors (Lipinski definition) is 7. The van der Waals surface area contributed by atoms with Gasteiger partial charge < -0.3 is 14.2 Å². The molecule has 1 aliphatic rings. The zero-order valence-corrected chi connectivity index (χ0v) is 16.9. The third kappa shape index (κ3) is 4.36. The van der Waals surface area contributed by atoms with E-state index in [1.165, 1.54) is 11.3 Å². The highest BCUT2D eigenvalue weighted by Gasteiger charge is 2.27. The first-order valence-corrected chi connectivity index (χ1v) is 10.2. The van der Waals surface area contributed by atoms with Crippen molar-refractivity contribution in [2.45, 2.75) is 13.0 Å². The monoisotopic (exact) mass is 425 g/mol. The Hall–Kier alpha value is -3.59. The van der Waals surface area contributed by atoms with E-state index in [9.17, 15) is 9.59 Å². The number of ether oxygens (including phenoxy) is 3. The minimum Gasteiger partial charge on any atom is -0.494 e. The summed E-state index contributed by atoms with van der Waals surface area (Å²) in [5.41, 5.74) is 5.79. The van der Waals surface area contributed by atoms with Crippen LogP contribution in [0.4, 0.5) is 0 Å². The summed E-state index contributed by atoms with van der Waals surface area (Å²) in [6.07, 6.45) is -0.866. The lowest BCUT2D eigenvalue weighted by atomic mass is 10.2. The fourth-order valence-electron chi connectivity index (χ4n) is 2.78. The molecule has 0 spiro atoms. The number of para-hydroxylation sites is 2. The molecule has 4 rings (SSSR count). The number of aromatic nitrogens is 1. The molecule has 30 heavy (non-hydrogen) atoms. The predicted octanol–water partition coefficient (Wildman–Crippen LogP) is 2.81. The van der Waals surface area contributed by atoms with Crippen LogP contribution in [0.25, 0.3) is 10.6 Å². The summed E-state index contributed by atoms with van der Waals surface area (Å²) in [5, 5.41) is 2.32. The number of carbonyl (C=O) groups excluding carboxylic acids is 2. The predicted molar refractivity (Wildman–Crippen MR) is 111 cm³/mol. The maximum absolute atomic E-state index is 12.3. The number of fused-ring (bicyclic) bond motifs is 1. The normalized spacial score (nSPS) is 14.6. The maximum atomic E-state index is 12.3. The molecule has 0 radical (unpaired) electrons. The first-order chi connectivity index (χ1) is 14.6. The van der Waals surface area contributed by atoms with Gasteiger partial charge in [-0.05, 0) is 43.3 Å². The molecule has 0 fully saturated rings. The number of rotatable bonds is 5. The minimum absolute atomic E-state index is 0.0529. The Morgan fingerprint density at radius 2 is 1.90 bits per heavy atom. The van der Waals surface area contributed by atoms with Crippen molar-refractivity contribution in [2.24, 2.45) is 0 Å². The van der Waals surface area contributed by atoms with Crippen LogP contribution in [0.2, 0.25) is 0 Å². The van der Waals surface area contributed by atoms with Crippen LogP contribution in [0.5, 0.6) is 17.2 Å². The van der Waals surface area contributed by atoms with E-state index in [0.717, 1.165) is 11.3 Å². The van der Waals surface area contributed by atoms with E-state index in [1.54, 1.807) is 23.6 Å². The van der Waals surface area contributed by atoms with Crippen molar-refractivity contribution in [1.82, 2.24) is 15.8 Å². The topological polar surface area (TPSA) is 98.8 Å². The molecule has 0 bridgehead atoms. The van der Waals surface area contributed by atoms with Gasteiger partial charge in [-0.3, -0.25) is 20.4 Å². The highest BCUT2D eigenvalue weighted by Crippen LogP contribution is 2.30. The minimum atomic E-state index is -0.866. The van der Waals surface area contributed by atoms with Crippen molar-refractivity contribution >= 4 is 23.2 Å². The standard InChI is InChI=1S/C21H19N3O5S/c1-2-27-14-9-7-13(8-10-14)21-22-15(12-30-21)19(25)23-24-20(26)18-11-28-16-5-3-4-6-17(16)29-18/h3-10,12,18H,2,11H2,1H3,(H,23,25)(H,24,26). The molecule has 2 N–H and O–H groups in total. The molecule has 2 heterocycles. The molecule has 1 unspecified atom stereocenters. The average Bonchev–Trinajstić information content (AvgIpc) is 3.28. The van der Waals surface area contributed by atoms with Gasteiger partial charge >= 0.3 is 0 Å². The molecule has 9 heteroatoms. The smallest absolute Gasteiger partial charge is 0.289 e. The van der Waals surface area contributed by atoms with Crippen molar-refractivity contribution in [2.75, 3.05) is 13.2 Å². The molecule has 1 aliphatic heterocycles. The van der Waals surface area contributed by atoms with E-state index in [2.05, 4.69) is 15.8 Å². The summed E-state index contributed by atoms with van der Waals surface area (Å²) >= 11 is 1.33. The Morgan fingerprint density at radius 1 is 1.13 bits per heavy atom. The lowest BCUT2D eigenvalue weighted by molar-refractivity contribution is -0.131. The van der Waals surface area contributed by atoms with Crippen LogP contribution < -0.4 is 25.1 Å². The van der Waals surface area contributed by atoms with E-state index in [0.29, 0.717) is 23.1 Å². The van der Waals surface area contributed by atoms with E-state index < -0.39 is 17.9 Å². The molecule has 0 saturated carbocycles. The third-order valence-corrected chi connectivity index (χ3v) is 5.14. The lowest BCUT2D eigenvalue weighted by Gasteiger charge is -2.25. The molecule has 0 saturated heterocycles. The number of hydrogen-bond donors (Lipinski definition) is 2. The van der Waals surface area contributed by atoms with Crippen LogP contribution in [0.1, 0.15) is 17.4 Å². The number of amides is 2. The van der Waals surface area contributed by atoms with Crippen molar-refractivity contribution in [3.8, 4) is 27.8 Å². The summed E-state index contributed by atoms with van der Waals surface area (Å²) < 4.78 is 16.5. The van der Waals surface area contributed by atoms with Crippen LogP contribution in [-0.4, -0.2) is 36.1 Å². The van der Waals surface area contributed by atoms with Crippen molar-refractivity contribution in [3.63, 3.8) is 0 Å². The number of carbonyl (C=O) groups is 2. The van der Waals surface area contributed by atoms with Gasteiger partial charge in [-0.2, -0.15) is 0 Å².